The molecule has 0 aliphatic rings. The van der Waals surface area contributed by atoms with Gasteiger partial charge in [-0.3, -0.25) is 9.59 Å². The Morgan fingerprint density at radius 3 is 2.50 bits per heavy atom. The van der Waals surface area contributed by atoms with E-state index in [2.05, 4.69) is 29.4 Å². The van der Waals surface area contributed by atoms with Crippen LogP contribution < -0.4 is 10.6 Å². The zero-order valence-electron chi connectivity index (χ0n) is 13.6. The first-order valence-electron chi connectivity index (χ1n) is 7.15. The van der Waals surface area contributed by atoms with Gasteiger partial charge in [0.25, 0.3) is 5.91 Å². The number of amides is 2. The lowest BCUT2D eigenvalue weighted by Gasteiger charge is -2.28. The van der Waals surface area contributed by atoms with E-state index in [1.807, 2.05) is 14.1 Å². The molecule has 0 fully saturated rings. The highest BCUT2D eigenvalue weighted by atomic mass is 19.1. The quantitative estimate of drug-likeness (QED) is 0.797. The summed E-state index contributed by atoms with van der Waals surface area (Å²) in [6.07, 6.45) is 0. The first-order chi connectivity index (χ1) is 10.2. The second kappa shape index (κ2) is 7.89. The fourth-order valence-electron chi connectivity index (χ4n) is 2.20. The van der Waals surface area contributed by atoms with Crippen molar-refractivity contribution in [2.24, 2.45) is 5.41 Å². The van der Waals surface area contributed by atoms with Crippen molar-refractivity contribution in [1.82, 2.24) is 15.5 Å². The van der Waals surface area contributed by atoms with E-state index in [4.69, 9.17) is 0 Å². The lowest BCUT2D eigenvalue weighted by atomic mass is 9.93. The molecule has 0 aliphatic carbocycles. The van der Waals surface area contributed by atoms with E-state index >= 15 is 0 Å². The zero-order valence-corrected chi connectivity index (χ0v) is 13.6. The number of benzene rings is 1. The van der Waals surface area contributed by atoms with Crippen LogP contribution in [0.2, 0.25) is 0 Å². The van der Waals surface area contributed by atoms with Gasteiger partial charge >= 0.3 is 0 Å². The third-order valence-corrected chi connectivity index (χ3v) is 3.00. The molecule has 1 rings (SSSR count). The molecule has 0 aromatic heterocycles. The highest BCUT2D eigenvalue weighted by Crippen LogP contribution is 2.13. The molecule has 0 spiro atoms. The smallest absolute Gasteiger partial charge is 0.251 e. The van der Waals surface area contributed by atoms with Gasteiger partial charge in [0.1, 0.15) is 5.82 Å². The Kier molecular flexibility index (Phi) is 6.49. The van der Waals surface area contributed by atoms with Crippen LogP contribution in [0.15, 0.2) is 24.3 Å². The maximum atomic E-state index is 13.0. The molecule has 1 aromatic carbocycles. The lowest BCUT2D eigenvalue weighted by molar-refractivity contribution is -0.120. The van der Waals surface area contributed by atoms with Crippen molar-refractivity contribution in [1.29, 1.82) is 0 Å². The first-order valence-corrected chi connectivity index (χ1v) is 7.15. The molecule has 0 unspecified atom stereocenters. The molecule has 0 atom stereocenters. The molecule has 0 saturated heterocycles. The fraction of sp³-hybridized carbons (Fsp3) is 0.500. The van der Waals surface area contributed by atoms with Gasteiger partial charge in [0.05, 0.1) is 6.54 Å². The average molecular weight is 309 g/mol. The first kappa shape index (κ1) is 18.1. The SMILES string of the molecule is CN(C)CC(C)(C)CNC(=O)CNC(=O)c1cccc(F)c1. The van der Waals surface area contributed by atoms with E-state index < -0.39 is 11.7 Å². The molecular weight excluding hydrogens is 285 g/mol. The number of nitrogens with one attached hydrogen (secondary N) is 2. The van der Waals surface area contributed by atoms with Crippen LogP contribution in [0.3, 0.4) is 0 Å². The van der Waals surface area contributed by atoms with Crippen molar-refractivity contribution in [3.05, 3.63) is 35.6 Å². The standard InChI is InChI=1S/C16H24FN3O2/c1-16(2,11-20(3)4)10-19-14(21)9-18-15(22)12-6-5-7-13(17)8-12/h5-8H,9-11H2,1-4H3,(H,18,22)(H,19,21). The summed E-state index contributed by atoms with van der Waals surface area (Å²) in [5.41, 5.74) is 0.131. The van der Waals surface area contributed by atoms with Crippen molar-refractivity contribution in [3.63, 3.8) is 0 Å². The third-order valence-electron chi connectivity index (χ3n) is 3.00. The number of carbonyl (C=O) groups excluding carboxylic acids is 2. The Morgan fingerprint density at radius 1 is 1.23 bits per heavy atom. The normalized spacial score (nSPS) is 11.4. The van der Waals surface area contributed by atoms with Gasteiger partial charge in [0, 0.05) is 18.7 Å². The topological polar surface area (TPSA) is 61.4 Å². The summed E-state index contributed by atoms with van der Waals surface area (Å²) in [5.74, 6) is -1.22. The van der Waals surface area contributed by atoms with Crippen LogP contribution in [0.4, 0.5) is 4.39 Å². The van der Waals surface area contributed by atoms with Gasteiger partial charge < -0.3 is 15.5 Å². The summed E-state index contributed by atoms with van der Waals surface area (Å²) in [4.78, 5) is 25.6. The Morgan fingerprint density at radius 2 is 1.91 bits per heavy atom. The molecule has 0 bridgehead atoms. The predicted octanol–water partition coefficient (Wildman–Crippen LogP) is 1.26. The number of halogens is 1. The Bertz CT molecular complexity index is 530. The minimum absolute atomic E-state index is 0.0638. The van der Waals surface area contributed by atoms with Gasteiger partial charge in [0.15, 0.2) is 0 Å². The van der Waals surface area contributed by atoms with E-state index in [0.717, 1.165) is 12.6 Å². The summed E-state index contributed by atoms with van der Waals surface area (Å²) < 4.78 is 13.0. The summed E-state index contributed by atoms with van der Waals surface area (Å²) in [6, 6.07) is 5.34. The van der Waals surface area contributed by atoms with E-state index in [1.165, 1.54) is 18.2 Å². The molecule has 122 valence electrons. The maximum absolute atomic E-state index is 13.0. The predicted molar refractivity (Wildman–Crippen MR) is 84.1 cm³/mol. The van der Waals surface area contributed by atoms with Crippen molar-refractivity contribution >= 4 is 11.8 Å². The summed E-state index contributed by atoms with van der Waals surface area (Å²) in [6.45, 7) is 5.33. The highest BCUT2D eigenvalue weighted by molar-refractivity contribution is 5.96. The monoisotopic (exact) mass is 309 g/mol. The molecule has 2 N–H and O–H groups in total. The van der Waals surface area contributed by atoms with Crippen LogP contribution in [0, 0.1) is 11.2 Å². The van der Waals surface area contributed by atoms with Gasteiger partial charge in [-0.1, -0.05) is 19.9 Å². The molecule has 2 amide bonds. The van der Waals surface area contributed by atoms with Gasteiger partial charge in [-0.25, -0.2) is 4.39 Å². The number of hydrogen-bond donors (Lipinski definition) is 2. The summed E-state index contributed by atoms with van der Waals surface area (Å²) in [5, 5.41) is 5.27. The zero-order chi connectivity index (χ0) is 16.8. The van der Waals surface area contributed by atoms with Crippen molar-refractivity contribution < 1.29 is 14.0 Å². The summed E-state index contributed by atoms with van der Waals surface area (Å²) >= 11 is 0. The largest absolute Gasteiger partial charge is 0.354 e. The third kappa shape index (κ3) is 6.67. The minimum atomic E-state index is -0.484. The van der Waals surface area contributed by atoms with Gasteiger partial charge in [-0.2, -0.15) is 0 Å². The van der Waals surface area contributed by atoms with Crippen LogP contribution in [0.25, 0.3) is 0 Å². The number of rotatable bonds is 7. The Labute approximate surface area is 130 Å². The van der Waals surface area contributed by atoms with Crippen molar-refractivity contribution in [2.75, 3.05) is 33.7 Å². The number of hydrogen-bond acceptors (Lipinski definition) is 3. The lowest BCUT2D eigenvalue weighted by Crippen LogP contribution is -2.43. The van der Waals surface area contributed by atoms with Gasteiger partial charge in [-0.05, 0) is 37.7 Å². The van der Waals surface area contributed by atoms with Crippen molar-refractivity contribution in [2.45, 2.75) is 13.8 Å². The fourth-order valence-corrected chi connectivity index (χ4v) is 2.20. The Balaban J connectivity index is 2.39. The summed E-state index contributed by atoms with van der Waals surface area (Å²) in [7, 11) is 3.95. The van der Waals surface area contributed by atoms with Crippen LogP contribution in [0.1, 0.15) is 24.2 Å². The van der Waals surface area contributed by atoms with E-state index in [9.17, 15) is 14.0 Å². The van der Waals surface area contributed by atoms with E-state index in [0.29, 0.717) is 6.54 Å². The molecule has 6 heteroatoms. The second-order valence-electron chi connectivity index (χ2n) is 6.37. The molecule has 5 nitrogen and oxygen atoms in total. The molecule has 1 aromatic rings. The molecule has 0 aliphatic heterocycles. The van der Waals surface area contributed by atoms with Crippen LogP contribution >= 0.6 is 0 Å². The minimum Gasteiger partial charge on any atom is -0.354 e. The molecular formula is C16H24FN3O2. The molecule has 22 heavy (non-hydrogen) atoms. The average Bonchev–Trinajstić information content (AvgIpc) is 2.41. The van der Waals surface area contributed by atoms with Gasteiger partial charge in [-0.15, -0.1) is 0 Å². The number of carbonyl (C=O) groups is 2. The maximum Gasteiger partial charge on any atom is 0.251 e. The van der Waals surface area contributed by atoms with Crippen LogP contribution in [0.5, 0.6) is 0 Å². The Hall–Kier alpha value is -1.95. The van der Waals surface area contributed by atoms with E-state index in [-0.39, 0.29) is 23.4 Å². The highest BCUT2D eigenvalue weighted by Gasteiger charge is 2.19. The molecule has 0 saturated carbocycles. The van der Waals surface area contributed by atoms with Crippen LogP contribution in [-0.2, 0) is 4.79 Å². The molecule has 0 radical (unpaired) electrons. The number of nitrogens with zero attached hydrogens (tertiary/aromatic N) is 1. The van der Waals surface area contributed by atoms with E-state index in [1.54, 1.807) is 0 Å². The second-order valence-corrected chi connectivity index (χ2v) is 6.37. The van der Waals surface area contributed by atoms with Crippen LogP contribution in [-0.4, -0.2) is 50.4 Å². The van der Waals surface area contributed by atoms with Crippen molar-refractivity contribution in [3.8, 4) is 0 Å². The molecule has 0 heterocycles. The van der Waals surface area contributed by atoms with Gasteiger partial charge in [0.2, 0.25) is 5.91 Å².